The molecule has 4 rings (SSSR count). The van der Waals surface area contributed by atoms with Crippen LogP contribution in [-0.2, 0) is 0 Å². The van der Waals surface area contributed by atoms with Crippen molar-refractivity contribution in [3.05, 3.63) is 70.1 Å². The first-order valence-corrected chi connectivity index (χ1v) is 10.5. The predicted octanol–water partition coefficient (Wildman–Crippen LogP) is 3.77. The van der Waals surface area contributed by atoms with Crippen LogP contribution in [0.15, 0.2) is 52.9 Å². The second kappa shape index (κ2) is 9.91. The second-order valence-corrected chi connectivity index (χ2v) is 7.63. The van der Waals surface area contributed by atoms with Crippen molar-refractivity contribution in [2.24, 2.45) is 0 Å². The lowest BCUT2D eigenvalue weighted by atomic mass is 10.1. The lowest BCUT2D eigenvalue weighted by Gasteiger charge is -2.37. The number of non-ortho nitro benzene ring substituents is 1. The predicted molar refractivity (Wildman–Crippen MR) is 115 cm³/mol. The Morgan fingerprint density at radius 3 is 2.41 bits per heavy atom. The zero-order valence-electron chi connectivity index (χ0n) is 18.1. The molecule has 0 saturated carbocycles. The van der Waals surface area contributed by atoms with Crippen LogP contribution in [0.4, 0.5) is 14.5 Å². The maximum absolute atomic E-state index is 12.9. The third-order valence-corrected chi connectivity index (χ3v) is 5.61. The normalized spacial score (nSPS) is 15.4. The fraction of sp³-hybridized carbons (Fsp3) is 0.318. The summed E-state index contributed by atoms with van der Waals surface area (Å²) in [6.07, 6.45) is 0. The third kappa shape index (κ3) is 5.01. The highest BCUT2D eigenvalue weighted by Crippen LogP contribution is 2.27. The number of piperazine rings is 1. The highest BCUT2D eigenvalue weighted by Gasteiger charge is 2.29. The van der Waals surface area contributed by atoms with Gasteiger partial charge in [-0.2, -0.15) is 8.78 Å². The summed E-state index contributed by atoms with van der Waals surface area (Å²) in [5.74, 6) is 0.106. The van der Waals surface area contributed by atoms with E-state index in [2.05, 4.69) is 19.8 Å². The molecule has 0 bridgehead atoms. The van der Waals surface area contributed by atoms with Crippen molar-refractivity contribution in [1.82, 2.24) is 20.0 Å². The van der Waals surface area contributed by atoms with Gasteiger partial charge in [-0.25, -0.2) is 0 Å². The summed E-state index contributed by atoms with van der Waals surface area (Å²) in [6, 6.07) is 11.5. The van der Waals surface area contributed by atoms with Crippen LogP contribution >= 0.6 is 0 Å². The first-order chi connectivity index (χ1) is 16.3. The van der Waals surface area contributed by atoms with E-state index in [4.69, 9.17) is 4.42 Å². The van der Waals surface area contributed by atoms with Crippen LogP contribution in [0.1, 0.15) is 29.2 Å². The molecule has 1 fully saturated rings. The summed E-state index contributed by atoms with van der Waals surface area (Å²) in [5.41, 5.74) is 0.623. The molecule has 1 saturated heterocycles. The molecular weight excluding hydrogens is 452 g/mol. The van der Waals surface area contributed by atoms with Gasteiger partial charge in [0.2, 0.25) is 11.8 Å². The van der Waals surface area contributed by atoms with Gasteiger partial charge in [0.05, 0.1) is 16.5 Å². The number of para-hydroxylation sites is 1. The number of hydrogen-bond donors (Lipinski definition) is 0. The van der Waals surface area contributed by atoms with Crippen LogP contribution in [0.5, 0.6) is 5.75 Å². The largest absolute Gasteiger partial charge is 0.434 e. The molecule has 1 unspecified atom stereocenters. The highest BCUT2D eigenvalue weighted by atomic mass is 19.3. The molecular formula is C22H21F2N5O5. The van der Waals surface area contributed by atoms with Gasteiger partial charge in [-0.3, -0.25) is 19.8 Å². The molecule has 1 amide bonds. The summed E-state index contributed by atoms with van der Waals surface area (Å²) < 4.78 is 35.6. The van der Waals surface area contributed by atoms with Gasteiger partial charge in [0, 0.05) is 43.9 Å². The van der Waals surface area contributed by atoms with E-state index in [-0.39, 0.29) is 34.8 Å². The summed E-state index contributed by atoms with van der Waals surface area (Å²) >= 11 is 0. The van der Waals surface area contributed by atoms with Crippen molar-refractivity contribution >= 4 is 11.6 Å². The molecule has 1 aliphatic rings. The summed E-state index contributed by atoms with van der Waals surface area (Å²) in [5, 5.41) is 19.0. The van der Waals surface area contributed by atoms with Crippen LogP contribution in [0.25, 0.3) is 11.5 Å². The molecule has 0 N–H and O–H groups in total. The molecule has 10 nitrogen and oxygen atoms in total. The Labute approximate surface area is 192 Å². The number of ether oxygens (including phenoxy) is 1. The van der Waals surface area contributed by atoms with Crippen LogP contribution in [0, 0.1) is 10.1 Å². The molecule has 1 atom stereocenters. The van der Waals surface area contributed by atoms with Gasteiger partial charge in [0.15, 0.2) is 0 Å². The number of benzene rings is 2. The maximum Gasteiger partial charge on any atom is 0.387 e. The van der Waals surface area contributed by atoms with E-state index >= 15 is 0 Å². The fourth-order valence-electron chi connectivity index (χ4n) is 3.73. The molecule has 0 radical (unpaired) electrons. The standard InChI is InChI=1S/C22H21F2N5O5/c1-14(19-25-26-20(34-19)15-6-8-16(9-7-15)29(31)32)27-10-12-28(13-11-27)21(30)17-4-2-3-5-18(17)33-22(23)24/h2-9,14,22H,10-13H2,1H3. The molecule has 3 aromatic rings. The highest BCUT2D eigenvalue weighted by molar-refractivity contribution is 5.97. The van der Waals surface area contributed by atoms with E-state index in [9.17, 15) is 23.7 Å². The number of carbonyl (C=O) groups excluding carboxylic acids is 1. The number of aromatic nitrogens is 2. The van der Waals surface area contributed by atoms with Crippen LogP contribution in [0.3, 0.4) is 0 Å². The van der Waals surface area contributed by atoms with Crippen molar-refractivity contribution in [2.45, 2.75) is 19.6 Å². The lowest BCUT2D eigenvalue weighted by molar-refractivity contribution is -0.384. The summed E-state index contributed by atoms with van der Waals surface area (Å²) in [4.78, 5) is 26.9. The Hall–Kier alpha value is -3.93. The first kappa shape index (κ1) is 23.2. The van der Waals surface area contributed by atoms with Gasteiger partial charge < -0.3 is 14.1 Å². The van der Waals surface area contributed by atoms with E-state index in [0.29, 0.717) is 37.6 Å². The number of alkyl halides is 2. The fourth-order valence-corrected chi connectivity index (χ4v) is 3.73. The quantitative estimate of drug-likeness (QED) is 0.376. The summed E-state index contributed by atoms with van der Waals surface area (Å²) in [6.45, 7) is 0.679. The summed E-state index contributed by atoms with van der Waals surface area (Å²) in [7, 11) is 0. The van der Waals surface area contributed by atoms with Gasteiger partial charge in [-0.15, -0.1) is 10.2 Å². The number of nitro groups is 1. The zero-order valence-corrected chi connectivity index (χ0v) is 18.1. The van der Waals surface area contributed by atoms with Gasteiger partial charge >= 0.3 is 6.61 Å². The molecule has 1 aliphatic heterocycles. The Kier molecular flexibility index (Phi) is 6.77. The Morgan fingerprint density at radius 1 is 1.09 bits per heavy atom. The zero-order chi connectivity index (χ0) is 24.2. The average molecular weight is 473 g/mol. The van der Waals surface area contributed by atoms with Crippen molar-refractivity contribution in [3.8, 4) is 17.2 Å². The number of nitro benzene ring substituents is 1. The number of rotatable bonds is 7. The maximum atomic E-state index is 12.9. The minimum absolute atomic E-state index is 0.0346. The van der Waals surface area contributed by atoms with Gasteiger partial charge in [0.25, 0.3) is 11.6 Å². The molecule has 0 aliphatic carbocycles. The van der Waals surface area contributed by atoms with Gasteiger partial charge in [-0.1, -0.05) is 12.1 Å². The van der Waals surface area contributed by atoms with Crippen molar-refractivity contribution < 1.29 is 27.7 Å². The molecule has 2 heterocycles. The van der Waals surface area contributed by atoms with E-state index in [1.807, 2.05) is 6.92 Å². The molecule has 12 heteroatoms. The lowest BCUT2D eigenvalue weighted by Crippen LogP contribution is -2.49. The number of halogens is 2. The monoisotopic (exact) mass is 473 g/mol. The smallest absolute Gasteiger partial charge is 0.387 e. The molecule has 1 aromatic heterocycles. The number of nitrogens with zero attached hydrogens (tertiary/aromatic N) is 5. The van der Waals surface area contributed by atoms with Crippen LogP contribution in [-0.4, -0.2) is 63.6 Å². The second-order valence-electron chi connectivity index (χ2n) is 7.63. The van der Waals surface area contributed by atoms with E-state index in [1.165, 1.54) is 30.3 Å². The van der Waals surface area contributed by atoms with E-state index < -0.39 is 11.5 Å². The van der Waals surface area contributed by atoms with Crippen LogP contribution < -0.4 is 4.74 Å². The van der Waals surface area contributed by atoms with E-state index in [0.717, 1.165) is 0 Å². The topological polar surface area (TPSA) is 115 Å². The van der Waals surface area contributed by atoms with Crippen molar-refractivity contribution in [3.63, 3.8) is 0 Å². The van der Waals surface area contributed by atoms with Gasteiger partial charge in [-0.05, 0) is 31.2 Å². The van der Waals surface area contributed by atoms with Gasteiger partial charge in [0.1, 0.15) is 5.75 Å². The molecule has 0 spiro atoms. The Balaban J connectivity index is 1.38. The Bertz CT molecular complexity index is 1160. The molecule has 34 heavy (non-hydrogen) atoms. The SMILES string of the molecule is CC(c1nnc(-c2ccc([N+](=O)[O-])cc2)o1)N1CCN(C(=O)c2ccccc2OC(F)F)CC1. The first-order valence-electron chi connectivity index (χ1n) is 10.5. The Morgan fingerprint density at radius 2 is 1.76 bits per heavy atom. The number of hydrogen-bond acceptors (Lipinski definition) is 8. The van der Waals surface area contributed by atoms with Crippen molar-refractivity contribution in [1.29, 1.82) is 0 Å². The number of carbonyl (C=O) groups is 1. The third-order valence-electron chi connectivity index (χ3n) is 5.61. The van der Waals surface area contributed by atoms with Crippen LogP contribution in [0.2, 0.25) is 0 Å². The number of amides is 1. The van der Waals surface area contributed by atoms with Crippen molar-refractivity contribution in [2.75, 3.05) is 26.2 Å². The average Bonchev–Trinajstić information content (AvgIpc) is 3.34. The van der Waals surface area contributed by atoms with E-state index in [1.54, 1.807) is 23.1 Å². The molecule has 2 aromatic carbocycles. The minimum Gasteiger partial charge on any atom is -0.434 e. The molecule has 178 valence electrons. The minimum atomic E-state index is -3.02.